The summed E-state index contributed by atoms with van der Waals surface area (Å²) in [5, 5.41) is 0. The maximum absolute atomic E-state index is 5.90. The molecule has 0 bridgehead atoms. The van der Waals surface area contributed by atoms with Crippen LogP contribution in [0.3, 0.4) is 0 Å². The summed E-state index contributed by atoms with van der Waals surface area (Å²) in [7, 11) is 0. The second kappa shape index (κ2) is 5.99. The minimum atomic E-state index is 0.00208. The molecule has 0 aliphatic carbocycles. The number of hydrogen-bond donors (Lipinski definition) is 1. The molecule has 2 unspecified atom stereocenters. The maximum atomic E-state index is 5.90. The highest BCUT2D eigenvalue weighted by atomic mass is 16.5. The number of rotatable bonds is 5. The first-order chi connectivity index (χ1) is 7.46. The van der Waals surface area contributed by atoms with Gasteiger partial charge in [0.25, 0.3) is 0 Å². The van der Waals surface area contributed by atoms with Crippen LogP contribution in [0, 0.1) is 5.92 Å². The van der Waals surface area contributed by atoms with Crippen molar-refractivity contribution in [2.45, 2.75) is 52.2 Å². The molecule has 0 saturated carbocycles. The van der Waals surface area contributed by atoms with E-state index in [1.54, 1.807) is 0 Å². The van der Waals surface area contributed by atoms with Gasteiger partial charge in [0.2, 0.25) is 0 Å². The van der Waals surface area contributed by atoms with Crippen LogP contribution in [-0.2, 0) is 4.74 Å². The molecule has 1 fully saturated rings. The van der Waals surface area contributed by atoms with Gasteiger partial charge in [-0.15, -0.1) is 0 Å². The third-order valence-electron chi connectivity index (χ3n) is 3.40. The summed E-state index contributed by atoms with van der Waals surface area (Å²) in [4.78, 5) is 2.52. The Bertz CT molecular complexity index is 202. The zero-order valence-electron chi connectivity index (χ0n) is 11.3. The van der Waals surface area contributed by atoms with E-state index in [-0.39, 0.29) is 5.60 Å². The first kappa shape index (κ1) is 13.9. The van der Waals surface area contributed by atoms with Crippen LogP contribution in [0.2, 0.25) is 0 Å². The molecule has 0 aromatic heterocycles. The average molecular weight is 228 g/mol. The predicted molar refractivity (Wildman–Crippen MR) is 68.5 cm³/mol. The molecule has 0 aromatic rings. The summed E-state index contributed by atoms with van der Waals surface area (Å²) in [6, 6.07) is 0. The minimum absolute atomic E-state index is 0.00208. The first-order valence-corrected chi connectivity index (χ1v) is 6.57. The average Bonchev–Trinajstić information content (AvgIpc) is 2.16. The topological polar surface area (TPSA) is 38.5 Å². The van der Waals surface area contributed by atoms with E-state index in [0.717, 1.165) is 26.2 Å². The molecular formula is C13H28N2O. The Labute approximate surface area is 100 Å². The van der Waals surface area contributed by atoms with E-state index in [2.05, 4.69) is 32.6 Å². The molecule has 1 heterocycles. The van der Waals surface area contributed by atoms with Crippen LogP contribution in [0.1, 0.15) is 40.5 Å². The van der Waals surface area contributed by atoms with Crippen molar-refractivity contribution < 1.29 is 4.74 Å². The molecule has 1 aliphatic rings. The molecule has 0 amide bonds. The van der Waals surface area contributed by atoms with E-state index in [4.69, 9.17) is 10.5 Å². The molecule has 1 saturated heterocycles. The van der Waals surface area contributed by atoms with Crippen LogP contribution in [0.15, 0.2) is 0 Å². The molecule has 16 heavy (non-hydrogen) atoms. The SMILES string of the molecule is CCC(CN)CCN1CC(C)OC(C)(C)C1. The monoisotopic (exact) mass is 228 g/mol. The van der Waals surface area contributed by atoms with Gasteiger partial charge in [-0.2, -0.15) is 0 Å². The van der Waals surface area contributed by atoms with E-state index in [0.29, 0.717) is 12.0 Å². The second-order valence-corrected chi connectivity index (χ2v) is 5.72. The van der Waals surface area contributed by atoms with Crippen molar-refractivity contribution >= 4 is 0 Å². The largest absolute Gasteiger partial charge is 0.370 e. The van der Waals surface area contributed by atoms with E-state index in [1.807, 2.05) is 0 Å². The van der Waals surface area contributed by atoms with E-state index in [1.165, 1.54) is 12.8 Å². The highest BCUT2D eigenvalue weighted by molar-refractivity contribution is 4.82. The zero-order chi connectivity index (χ0) is 12.2. The van der Waals surface area contributed by atoms with Gasteiger partial charge in [-0.3, -0.25) is 4.90 Å². The van der Waals surface area contributed by atoms with Gasteiger partial charge in [-0.1, -0.05) is 13.3 Å². The number of nitrogens with two attached hydrogens (primary N) is 1. The highest BCUT2D eigenvalue weighted by Gasteiger charge is 2.30. The maximum Gasteiger partial charge on any atom is 0.0757 e. The van der Waals surface area contributed by atoms with Crippen LogP contribution in [0.4, 0.5) is 0 Å². The standard InChI is InChI=1S/C13H28N2O/c1-5-12(8-14)6-7-15-9-11(2)16-13(3,4)10-15/h11-12H,5-10,14H2,1-4H3. The number of hydrogen-bond acceptors (Lipinski definition) is 3. The summed E-state index contributed by atoms with van der Waals surface area (Å²) in [6.07, 6.45) is 2.76. The van der Waals surface area contributed by atoms with Crippen LogP contribution in [0.5, 0.6) is 0 Å². The van der Waals surface area contributed by atoms with Crippen molar-refractivity contribution in [3.8, 4) is 0 Å². The van der Waals surface area contributed by atoms with Crippen LogP contribution < -0.4 is 5.73 Å². The van der Waals surface area contributed by atoms with Crippen LogP contribution >= 0.6 is 0 Å². The molecule has 0 radical (unpaired) electrons. The van der Waals surface area contributed by atoms with E-state index >= 15 is 0 Å². The van der Waals surface area contributed by atoms with Crippen LogP contribution in [-0.4, -0.2) is 42.8 Å². The Kier molecular flexibility index (Phi) is 5.22. The fourth-order valence-corrected chi connectivity index (χ4v) is 2.61. The summed E-state index contributed by atoms with van der Waals surface area (Å²) in [5.74, 6) is 0.682. The van der Waals surface area contributed by atoms with Gasteiger partial charge in [-0.25, -0.2) is 0 Å². The Morgan fingerprint density at radius 2 is 2.19 bits per heavy atom. The van der Waals surface area contributed by atoms with Crippen LogP contribution in [0.25, 0.3) is 0 Å². The fraction of sp³-hybridized carbons (Fsp3) is 1.00. The third-order valence-corrected chi connectivity index (χ3v) is 3.40. The molecule has 96 valence electrons. The number of nitrogens with zero attached hydrogens (tertiary/aromatic N) is 1. The smallest absolute Gasteiger partial charge is 0.0757 e. The van der Waals surface area contributed by atoms with Crippen molar-refractivity contribution in [2.24, 2.45) is 11.7 Å². The van der Waals surface area contributed by atoms with Gasteiger partial charge < -0.3 is 10.5 Å². The summed E-state index contributed by atoms with van der Waals surface area (Å²) in [5.41, 5.74) is 5.74. The molecule has 2 atom stereocenters. The quantitative estimate of drug-likeness (QED) is 0.780. The van der Waals surface area contributed by atoms with E-state index in [9.17, 15) is 0 Å². The molecule has 3 heteroatoms. The zero-order valence-corrected chi connectivity index (χ0v) is 11.3. The lowest BCUT2D eigenvalue weighted by Crippen LogP contribution is -2.52. The molecule has 0 aromatic carbocycles. The third kappa shape index (κ3) is 4.40. The molecule has 1 rings (SSSR count). The highest BCUT2D eigenvalue weighted by Crippen LogP contribution is 2.21. The van der Waals surface area contributed by atoms with Gasteiger partial charge in [0.1, 0.15) is 0 Å². The van der Waals surface area contributed by atoms with Gasteiger partial charge in [0.05, 0.1) is 11.7 Å². The number of ether oxygens (including phenoxy) is 1. The van der Waals surface area contributed by atoms with Crippen molar-refractivity contribution in [2.75, 3.05) is 26.2 Å². The van der Waals surface area contributed by atoms with E-state index < -0.39 is 0 Å². The fourth-order valence-electron chi connectivity index (χ4n) is 2.61. The van der Waals surface area contributed by atoms with Crippen molar-refractivity contribution in [1.29, 1.82) is 0 Å². The van der Waals surface area contributed by atoms with Gasteiger partial charge in [0, 0.05) is 13.1 Å². The Morgan fingerprint density at radius 1 is 1.50 bits per heavy atom. The molecule has 3 nitrogen and oxygen atoms in total. The molecule has 2 N–H and O–H groups in total. The molecule has 1 aliphatic heterocycles. The van der Waals surface area contributed by atoms with Crippen molar-refractivity contribution in [3.05, 3.63) is 0 Å². The Balaban J connectivity index is 2.36. The summed E-state index contributed by atoms with van der Waals surface area (Å²) < 4.78 is 5.90. The minimum Gasteiger partial charge on any atom is -0.370 e. The first-order valence-electron chi connectivity index (χ1n) is 6.57. The lowest BCUT2D eigenvalue weighted by molar-refractivity contribution is -0.129. The summed E-state index contributed by atoms with van der Waals surface area (Å²) in [6.45, 7) is 12.8. The molecule has 0 spiro atoms. The van der Waals surface area contributed by atoms with Crippen molar-refractivity contribution in [1.82, 2.24) is 4.90 Å². The Morgan fingerprint density at radius 3 is 2.69 bits per heavy atom. The van der Waals surface area contributed by atoms with Crippen molar-refractivity contribution in [3.63, 3.8) is 0 Å². The predicted octanol–water partition coefficient (Wildman–Crippen LogP) is 1.86. The number of morpholine rings is 1. The second-order valence-electron chi connectivity index (χ2n) is 5.72. The lowest BCUT2D eigenvalue weighted by atomic mass is 10.0. The van der Waals surface area contributed by atoms with Gasteiger partial charge in [-0.05, 0) is 46.2 Å². The lowest BCUT2D eigenvalue weighted by Gasteiger charge is -2.42. The van der Waals surface area contributed by atoms with Gasteiger partial charge >= 0.3 is 0 Å². The Hall–Kier alpha value is -0.120. The summed E-state index contributed by atoms with van der Waals surface area (Å²) >= 11 is 0. The normalized spacial score (nSPS) is 27.9. The molecular weight excluding hydrogens is 200 g/mol. The van der Waals surface area contributed by atoms with Gasteiger partial charge in [0.15, 0.2) is 0 Å².